The van der Waals surface area contributed by atoms with Gasteiger partial charge in [-0.1, -0.05) is 60.7 Å². The van der Waals surface area contributed by atoms with E-state index in [0.29, 0.717) is 18.4 Å². The summed E-state index contributed by atoms with van der Waals surface area (Å²) < 4.78 is 29.2. The van der Waals surface area contributed by atoms with Gasteiger partial charge in [-0.3, -0.25) is 9.35 Å². The van der Waals surface area contributed by atoms with Crippen LogP contribution in [0.1, 0.15) is 24.0 Å². The molecule has 3 rings (SSSR count). The molecule has 0 unspecified atom stereocenters. The molecule has 3 N–H and O–H groups in total. The summed E-state index contributed by atoms with van der Waals surface area (Å²) in [5, 5.41) is 12.6. The molecule has 2 aromatic rings. The van der Waals surface area contributed by atoms with E-state index in [2.05, 4.69) is 5.32 Å². The molecule has 140 valence electrons. The number of piperidine rings is 1. The van der Waals surface area contributed by atoms with Crippen LogP contribution < -0.4 is 5.32 Å². The van der Waals surface area contributed by atoms with Crippen LogP contribution >= 0.6 is 0 Å². The molecule has 1 heterocycles. The predicted molar refractivity (Wildman–Crippen MR) is 99.6 cm³/mol. The molecule has 0 amide bonds. The largest absolute Gasteiger partial charge is 0.481 e. The molecule has 0 aliphatic carbocycles. The van der Waals surface area contributed by atoms with E-state index in [4.69, 9.17) is 4.55 Å². The van der Waals surface area contributed by atoms with Gasteiger partial charge in [-0.05, 0) is 37.1 Å². The number of nitrogens with one attached hydrogen (secondary N) is 1. The molecule has 1 saturated heterocycles. The van der Waals surface area contributed by atoms with Gasteiger partial charge in [-0.15, -0.1) is 0 Å². The van der Waals surface area contributed by atoms with E-state index in [0.717, 1.165) is 18.7 Å². The van der Waals surface area contributed by atoms with Gasteiger partial charge in [0.2, 0.25) is 0 Å². The second kappa shape index (κ2) is 8.93. The van der Waals surface area contributed by atoms with Gasteiger partial charge in [0.25, 0.3) is 10.1 Å². The highest BCUT2D eigenvalue weighted by molar-refractivity contribution is 7.85. The molecule has 1 fully saturated rings. The van der Waals surface area contributed by atoms with Crippen molar-refractivity contribution in [2.45, 2.75) is 24.0 Å². The lowest BCUT2D eigenvalue weighted by molar-refractivity contribution is -0.145. The Labute approximate surface area is 153 Å². The highest BCUT2D eigenvalue weighted by Gasteiger charge is 2.40. The Kier molecular flexibility index (Phi) is 6.90. The van der Waals surface area contributed by atoms with Crippen LogP contribution in [0.5, 0.6) is 0 Å². The van der Waals surface area contributed by atoms with Crippen molar-refractivity contribution in [3.8, 4) is 0 Å². The number of rotatable bonds is 4. The first-order chi connectivity index (χ1) is 12.3. The van der Waals surface area contributed by atoms with Crippen molar-refractivity contribution in [1.29, 1.82) is 0 Å². The summed E-state index contributed by atoms with van der Waals surface area (Å²) >= 11 is 0. The minimum absolute atomic E-state index is 0.312. The zero-order valence-corrected chi connectivity index (χ0v) is 15.2. The van der Waals surface area contributed by atoms with Gasteiger partial charge < -0.3 is 10.4 Å². The normalized spacial score (nSPS) is 16.2. The van der Waals surface area contributed by atoms with Crippen LogP contribution in [0, 0.1) is 0 Å². The fourth-order valence-corrected chi connectivity index (χ4v) is 3.64. The smallest absolute Gasteiger partial charge is 0.314 e. The minimum atomic E-state index is -3.88. The lowest BCUT2D eigenvalue weighted by atomic mass is 9.73. The second-order valence-corrected chi connectivity index (χ2v) is 7.67. The monoisotopic (exact) mass is 377 g/mol. The molecule has 2 aromatic carbocycles. The Hall–Kier alpha value is -2.22. The fourth-order valence-electron chi connectivity index (χ4n) is 3.02. The zero-order chi connectivity index (χ0) is 19.0. The first-order valence-electron chi connectivity index (χ1n) is 8.32. The first kappa shape index (κ1) is 20.1. The number of aliphatic carboxylic acids is 1. The number of benzene rings is 2. The number of hydrogen-bond acceptors (Lipinski definition) is 4. The number of carboxylic acids is 1. The summed E-state index contributed by atoms with van der Waals surface area (Å²) in [5.74, 6) is -1.01. The van der Waals surface area contributed by atoms with E-state index in [9.17, 15) is 18.3 Å². The maximum absolute atomic E-state index is 11.4. The van der Waals surface area contributed by atoms with E-state index in [1.54, 1.807) is 30.3 Å². The van der Waals surface area contributed by atoms with Crippen molar-refractivity contribution in [2.75, 3.05) is 13.1 Å². The van der Waals surface area contributed by atoms with Crippen LogP contribution in [0.25, 0.3) is 0 Å². The van der Waals surface area contributed by atoms with Gasteiger partial charge in [0.05, 0.1) is 5.41 Å². The predicted octanol–water partition coefficient (Wildman–Crippen LogP) is 2.47. The Balaban J connectivity index is 0.000000197. The van der Waals surface area contributed by atoms with Gasteiger partial charge in [0, 0.05) is 0 Å². The molecule has 0 bridgehead atoms. The molecule has 6 nitrogen and oxygen atoms in total. The van der Waals surface area contributed by atoms with Crippen molar-refractivity contribution in [3.05, 3.63) is 71.8 Å². The van der Waals surface area contributed by atoms with E-state index in [1.165, 1.54) is 0 Å². The van der Waals surface area contributed by atoms with E-state index < -0.39 is 21.5 Å². The van der Waals surface area contributed by atoms with Gasteiger partial charge >= 0.3 is 5.97 Å². The van der Waals surface area contributed by atoms with Gasteiger partial charge in [0.15, 0.2) is 0 Å². The van der Waals surface area contributed by atoms with Crippen LogP contribution in [-0.4, -0.2) is 37.1 Å². The molecule has 0 aromatic heterocycles. The molecule has 7 heteroatoms. The van der Waals surface area contributed by atoms with Gasteiger partial charge in [-0.2, -0.15) is 8.42 Å². The second-order valence-electron chi connectivity index (χ2n) is 6.22. The quantitative estimate of drug-likeness (QED) is 0.707. The van der Waals surface area contributed by atoms with E-state index in [-0.39, 0.29) is 5.75 Å². The summed E-state index contributed by atoms with van der Waals surface area (Å²) in [6, 6.07) is 18.1. The maximum Gasteiger partial charge on any atom is 0.314 e. The van der Waals surface area contributed by atoms with Gasteiger partial charge in [-0.25, -0.2) is 0 Å². The summed E-state index contributed by atoms with van der Waals surface area (Å²) in [6.07, 6.45) is 1.35. The molecule has 1 aliphatic rings. The SMILES string of the molecule is O=C(O)C1(c2ccccc2)CCNCC1.O=S(=O)(O)Cc1ccccc1. The van der Waals surface area contributed by atoms with E-state index in [1.807, 2.05) is 30.3 Å². The van der Waals surface area contributed by atoms with Crippen molar-refractivity contribution < 1.29 is 22.9 Å². The topological polar surface area (TPSA) is 104 Å². The Morgan fingerprint density at radius 1 is 0.962 bits per heavy atom. The molecule has 0 spiro atoms. The average Bonchev–Trinajstić information content (AvgIpc) is 2.63. The molecule has 0 atom stereocenters. The van der Waals surface area contributed by atoms with Crippen molar-refractivity contribution in [3.63, 3.8) is 0 Å². The van der Waals surface area contributed by atoms with Crippen LogP contribution in [0.4, 0.5) is 0 Å². The molecule has 1 aliphatic heterocycles. The van der Waals surface area contributed by atoms with E-state index >= 15 is 0 Å². The highest BCUT2D eigenvalue weighted by atomic mass is 32.2. The lowest BCUT2D eigenvalue weighted by Crippen LogP contribution is -2.45. The average molecular weight is 377 g/mol. The van der Waals surface area contributed by atoms with Crippen LogP contribution in [-0.2, 0) is 26.1 Å². The Morgan fingerprint density at radius 3 is 1.92 bits per heavy atom. The lowest BCUT2D eigenvalue weighted by Gasteiger charge is -2.34. The van der Waals surface area contributed by atoms with Crippen molar-refractivity contribution in [2.24, 2.45) is 0 Å². The summed E-state index contributed by atoms with van der Waals surface area (Å²) in [7, 11) is -3.88. The number of hydrogen-bond donors (Lipinski definition) is 3. The third-order valence-electron chi connectivity index (χ3n) is 4.38. The highest BCUT2D eigenvalue weighted by Crippen LogP contribution is 2.33. The standard InChI is InChI=1S/C12H15NO2.C7H8O3S/c14-11(15)12(6-8-13-9-7-12)10-4-2-1-3-5-10;8-11(9,10)6-7-4-2-1-3-5-7/h1-5,13H,6-9H2,(H,14,15);1-5H,6H2,(H,8,9,10). The summed E-state index contributed by atoms with van der Waals surface area (Å²) in [5.41, 5.74) is 0.848. The van der Waals surface area contributed by atoms with Gasteiger partial charge in [0.1, 0.15) is 5.75 Å². The maximum atomic E-state index is 11.4. The molecule has 0 saturated carbocycles. The number of carbonyl (C=O) groups is 1. The minimum Gasteiger partial charge on any atom is -0.481 e. The van der Waals surface area contributed by atoms with Crippen LogP contribution in [0.2, 0.25) is 0 Å². The third kappa shape index (κ3) is 5.66. The summed E-state index contributed by atoms with van der Waals surface area (Å²) in [4.78, 5) is 11.4. The third-order valence-corrected chi connectivity index (χ3v) is 5.08. The molecule has 0 radical (unpaired) electrons. The van der Waals surface area contributed by atoms with Crippen LogP contribution in [0.3, 0.4) is 0 Å². The molecular weight excluding hydrogens is 354 g/mol. The number of carboxylic acid groups (broad SMARTS) is 1. The van der Waals surface area contributed by atoms with Crippen LogP contribution in [0.15, 0.2) is 60.7 Å². The molecular formula is C19H23NO5S. The van der Waals surface area contributed by atoms with Crippen molar-refractivity contribution >= 4 is 16.1 Å². The van der Waals surface area contributed by atoms with Crippen molar-refractivity contribution in [1.82, 2.24) is 5.32 Å². The summed E-state index contributed by atoms with van der Waals surface area (Å²) in [6.45, 7) is 1.56. The fraction of sp³-hybridized carbons (Fsp3) is 0.316. The Bertz CT molecular complexity index is 800. The first-order valence-corrected chi connectivity index (χ1v) is 9.93. The molecule has 26 heavy (non-hydrogen) atoms. The Morgan fingerprint density at radius 2 is 1.46 bits per heavy atom. The zero-order valence-electron chi connectivity index (χ0n) is 14.3.